The molecule has 6 heteroatoms. The fourth-order valence-corrected chi connectivity index (χ4v) is 5.98. The first-order valence-electron chi connectivity index (χ1n) is 9.47. The summed E-state index contributed by atoms with van der Waals surface area (Å²) < 4.78 is 29.1. The number of rotatable bonds is 2. The van der Waals surface area contributed by atoms with E-state index in [0.29, 0.717) is 13.2 Å². The highest BCUT2D eigenvalue weighted by Gasteiger charge is 2.54. The maximum Gasteiger partial charge on any atom is 0.168 e. The Balaban J connectivity index is 1.63. The topological polar surface area (TPSA) is 53.5 Å². The van der Waals surface area contributed by atoms with Gasteiger partial charge in [-0.25, -0.2) is 0 Å². The zero-order chi connectivity index (χ0) is 18.6. The lowest BCUT2D eigenvalue weighted by atomic mass is 9.68. The zero-order valence-corrected chi connectivity index (χ0v) is 18.2. The molecule has 1 aromatic rings. The van der Waals surface area contributed by atoms with Crippen molar-refractivity contribution in [1.29, 1.82) is 0 Å². The van der Waals surface area contributed by atoms with Gasteiger partial charge in [-0.3, -0.25) is 0 Å². The Labute approximate surface area is 167 Å². The molecule has 0 amide bonds. The zero-order valence-electron chi connectivity index (χ0n) is 15.8. The molecule has 1 N–H and O–H groups in total. The molecule has 0 bridgehead atoms. The van der Waals surface area contributed by atoms with Crippen LogP contribution in [-0.4, -0.2) is 28.3 Å². The molecule has 144 valence electrons. The Hall–Kier alpha value is -0.110. The van der Waals surface area contributed by atoms with Crippen molar-refractivity contribution in [3.8, 4) is 0 Å². The summed E-state index contributed by atoms with van der Waals surface area (Å²) in [5.41, 5.74) is 2.76. The van der Waals surface area contributed by atoms with Gasteiger partial charge in [-0.05, 0) is 68.7 Å². The van der Waals surface area contributed by atoms with Gasteiger partial charge in [0.25, 0.3) is 0 Å². The Morgan fingerprint density at radius 2 is 1.81 bits per heavy atom. The third kappa shape index (κ3) is 3.38. The molecule has 4 rings (SSSR count). The molecule has 1 heterocycles. The summed E-state index contributed by atoms with van der Waals surface area (Å²) in [5.74, 6) is -0.367. The first-order valence-corrected chi connectivity index (χ1v) is 11.4. The predicted octanol–water partition coefficient (Wildman–Crippen LogP) is 4.40. The molecule has 0 radical (unpaired) electrons. The lowest BCUT2D eigenvalue weighted by Crippen LogP contribution is -2.49. The molecule has 2 fully saturated rings. The van der Waals surface area contributed by atoms with Crippen molar-refractivity contribution in [3.63, 3.8) is 0 Å². The van der Waals surface area contributed by atoms with Crippen LogP contribution in [0.2, 0.25) is 0 Å². The summed E-state index contributed by atoms with van der Waals surface area (Å²) in [7, 11) is 0. The summed E-state index contributed by atoms with van der Waals surface area (Å²) >= 11 is 2.51. The second-order valence-corrected chi connectivity index (χ2v) is 11.8. The van der Waals surface area contributed by atoms with E-state index in [-0.39, 0.29) is 22.0 Å². The largest absolute Gasteiger partial charge is 0.598 e. The molecule has 1 saturated heterocycles. The van der Waals surface area contributed by atoms with Gasteiger partial charge in [-0.15, -0.1) is 4.72 Å². The van der Waals surface area contributed by atoms with Gasteiger partial charge in [0.1, 0.15) is 4.75 Å². The van der Waals surface area contributed by atoms with E-state index < -0.39 is 11.4 Å². The van der Waals surface area contributed by atoms with E-state index in [2.05, 4.69) is 38.9 Å². The third-order valence-electron chi connectivity index (χ3n) is 6.18. The number of nitrogens with one attached hydrogen (secondary N) is 1. The van der Waals surface area contributed by atoms with Crippen LogP contribution in [-0.2, 0) is 27.3 Å². The normalized spacial score (nSPS) is 27.8. The summed E-state index contributed by atoms with van der Waals surface area (Å²) in [6.07, 6.45) is 4.92. The second kappa shape index (κ2) is 6.75. The molecule has 2 aliphatic carbocycles. The highest BCUT2D eigenvalue weighted by atomic mass is 79.9. The van der Waals surface area contributed by atoms with Crippen LogP contribution in [0, 0.1) is 5.41 Å². The Morgan fingerprint density at radius 1 is 1.15 bits per heavy atom. The van der Waals surface area contributed by atoms with Crippen molar-refractivity contribution < 1.29 is 14.0 Å². The van der Waals surface area contributed by atoms with Crippen molar-refractivity contribution in [2.45, 2.75) is 69.5 Å². The number of ether oxygens (including phenoxy) is 2. The number of fused-ring (bicyclic) bond motifs is 1. The molecule has 0 aromatic heterocycles. The van der Waals surface area contributed by atoms with E-state index in [9.17, 15) is 4.55 Å². The SMILES string of the molecule is CC(C)(C)[S+]([O-])NC1c2cc(Br)ccc2CC12CCC1(CC2)OCCO1. The fourth-order valence-electron chi connectivity index (χ4n) is 4.66. The van der Waals surface area contributed by atoms with Crippen molar-refractivity contribution in [3.05, 3.63) is 33.8 Å². The van der Waals surface area contributed by atoms with Gasteiger partial charge in [-0.1, -0.05) is 22.0 Å². The lowest BCUT2D eigenvalue weighted by molar-refractivity contribution is -0.193. The van der Waals surface area contributed by atoms with Gasteiger partial charge in [-0.2, -0.15) is 0 Å². The molecule has 2 unspecified atom stereocenters. The first-order chi connectivity index (χ1) is 12.2. The second-order valence-electron chi connectivity index (χ2n) is 8.92. The predicted molar refractivity (Wildman–Crippen MR) is 107 cm³/mol. The maximum absolute atomic E-state index is 12.9. The Kier molecular flexibility index (Phi) is 4.99. The van der Waals surface area contributed by atoms with Gasteiger partial charge in [0.15, 0.2) is 5.79 Å². The minimum absolute atomic E-state index is 0.0879. The van der Waals surface area contributed by atoms with Crippen LogP contribution in [0.15, 0.2) is 22.7 Å². The van der Waals surface area contributed by atoms with Crippen molar-refractivity contribution in [2.24, 2.45) is 5.41 Å². The van der Waals surface area contributed by atoms with Gasteiger partial charge < -0.3 is 14.0 Å². The molecular weight excluding hydrogens is 414 g/mol. The van der Waals surface area contributed by atoms with Crippen LogP contribution < -0.4 is 4.72 Å². The summed E-state index contributed by atoms with van der Waals surface area (Å²) in [6.45, 7) is 7.48. The van der Waals surface area contributed by atoms with Gasteiger partial charge in [0.2, 0.25) is 0 Å². The molecule has 1 aromatic carbocycles. The number of hydrogen-bond acceptors (Lipinski definition) is 4. The van der Waals surface area contributed by atoms with Crippen LogP contribution in [0.5, 0.6) is 0 Å². The number of benzene rings is 1. The molecule has 2 atom stereocenters. The fraction of sp³-hybridized carbons (Fsp3) is 0.700. The molecule has 3 aliphatic rings. The van der Waals surface area contributed by atoms with Crippen LogP contribution in [0.25, 0.3) is 0 Å². The third-order valence-corrected chi connectivity index (χ3v) is 8.23. The summed E-state index contributed by atoms with van der Waals surface area (Å²) in [4.78, 5) is 0. The van der Waals surface area contributed by atoms with E-state index in [0.717, 1.165) is 36.6 Å². The average molecular weight is 442 g/mol. The molecule has 2 spiro atoms. The summed E-state index contributed by atoms with van der Waals surface area (Å²) in [6, 6.07) is 6.64. The summed E-state index contributed by atoms with van der Waals surface area (Å²) in [5, 5.41) is 0. The van der Waals surface area contributed by atoms with E-state index in [1.165, 1.54) is 11.1 Å². The molecule has 4 nitrogen and oxygen atoms in total. The van der Waals surface area contributed by atoms with E-state index in [1.807, 2.05) is 20.8 Å². The quantitative estimate of drug-likeness (QED) is 0.690. The molecule has 1 aliphatic heterocycles. The Bertz CT molecular complexity index is 674. The van der Waals surface area contributed by atoms with Crippen molar-refractivity contribution in [2.75, 3.05) is 13.2 Å². The van der Waals surface area contributed by atoms with Crippen LogP contribution >= 0.6 is 15.9 Å². The van der Waals surface area contributed by atoms with Crippen molar-refractivity contribution in [1.82, 2.24) is 4.72 Å². The maximum atomic E-state index is 12.9. The van der Waals surface area contributed by atoms with Crippen LogP contribution in [0.4, 0.5) is 0 Å². The van der Waals surface area contributed by atoms with Crippen LogP contribution in [0.1, 0.15) is 63.6 Å². The Morgan fingerprint density at radius 3 is 2.42 bits per heavy atom. The molecule has 1 saturated carbocycles. The number of hydrogen-bond donors (Lipinski definition) is 1. The van der Waals surface area contributed by atoms with Gasteiger partial charge in [0.05, 0.1) is 19.3 Å². The van der Waals surface area contributed by atoms with E-state index in [1.54, 1.807) is 0 Å². The van der Waals surface area contributed by atoms with E-state index >= 15 is 0 Å². The van der Waals surface area contributed by atoms with Crippen LogP contribution in [0.3, 0.4) is 0 Å². The van der Waals surface area contributed by atoms with Gasteiger partial charge in [0, 0.05) is 28.7 Å². The standard InChI is InChI=1S/C20H28BrNO3S/c1-18(2,3)26(23)22-17-16-12-15(21)5-4-14(16)13-19(17)6-8-20(9-7-19)24-10-11-25-20/h4-5,12,17,22H,6-11,13H2,1-3H3. The highest BCUT2D eigenvalue weighted by molar-refractivity contribution is 9.10. The number of halogens is 1. The van der Waals surface area contributed by atoms with Gasteiger partial charge >= 0.3 is 0 Å². The average Bonchev–Trinajstić information content (AvgIpc) is 3.14. The van der Waals surface area contributed by atoms with Crippen molar-refractivity contribution >= 4 is 27.3 Å². The van der Waals surface area contributed by atoms with E-state index in [4.69, 9.17) is 9.47 Å². The monoisotopic (exact) mass is 441 g/mol. The lowest BCUT2D eigenvalue weighted by Gasteiger charge is -2.45. The highest BCUT2D eigenvalue weighted by Crippen LogP contribution is 2.57. The smallest absolute Gasteiger partial charge is 0.168 e. The minimum Gasteiger partial charge on any atom is -0.598 e. The molecule has 26 heavy (non-hydrogen) atoms. The minimum atomic E-state index is -1.11. The first kappa shape index (κ1) is 19.2. The molecular formula is C20H28BrNO3S.